The smallest absolute Gasteiger partial charge is 0.221 e. The summed E-state index contributed by atoms with van der Waals surface area (Å²) in [5.74, 6) is -0.0528. The van der Waals surface area contributed by atoms with Crippen molar-refractivity contribution in [1.82, 2.24) is 4.57 Å². The fraction of sp³-hybridized carbons (Fsp3) is 0.312. The number of carbonyl (C=O) groups excluding carboxylic acids is 1. The number of rotatable bonds is 6. The Bertz CT molecular complexity index is 557. The molecule has 0 fully saturated rings. The highest BCUT2D eigenvalue weighted by atomic mass is 16.1. The summed E-state index contributed by atoms with van der Waals surface area (Å²) >= 11 is 0. The first kappa shape index (κ1) is 14.2. The van der Waals surface area contributed by atoms with E-state index in [9.17, 15) is 4.79 Å². The molecule has 0 saturated heterocycles. The average Bonchev–Trinajstić information content (AvgIpc) is 2.86. The lowest BCUT2D eigenvalue weighted by Crippen LogP contribution is -2.05. The molecule has 106 valence electrons. The van der Waals surface area contributed by atoms with E-state index in [2.05, 4.69) is 40.6 Å². The third-order valence-corrected chi connectivity index (χ3v) is 3.00. The molecule has 4 heteroatoms. The first-order chi connectivity index (χ1) is 9.67. The second-order valence-electron chi connectivity index (χ2n) is 4.87. The Balaban J connectivity index is 1.88. The van der Waals surface area contributed by atoms with Gasteiger partial charge >= 0.3 is 0 Å². The maximum absolute atomic E-state index is 10.9. The van der Waals surface area contributed by atoms with Gasteiger partial charge in [-0.25, -0.2) is 0 Å². The number of hydrogen-bond donors (Lipinski definition) is 2. The summed E-state index contributed by atoms with van der Waals surface area (Å²) in [5.41, 5.74) is 3.13. The van der Waals surface area contributed by atoms with E-state index in [0.29, 0.717) is 0 Å². The minimum Gasteiger partial charge on any atom is -0.381 e. The maximum atomic E-state index is 10.9. The van der Waals surface area contributed by atoms with Crippen LogP contribution in [0, 0.1) is 0 Å². The molecule has 20 heavy (non-hydrogen) atoms. The Morgan fingerprint density at radius 1 is 1.15 bits per heavy atom. The van der Waals surface area contributed by atoms with Gasteiger partial charge < -0.3 is 15.2 Å². The van der Waals surface area contributed by atoms with Gasteiger partial charge in [-0.1, -0.05) is 6.92 Å². The van der Waals surface area contributed by atoms with Gasteiger partial charge in [0.1, 0.15) is 0 Å². The van der Waals surface area contributed by atoms with Crippen LogP contribution in [0.3, 0.4) is 0 Å². The lowest BCUT2D eigenvalue weighted by molar-refractivity contribution is -0.114. The van der Waals surface area contributed by atoms with Crippen LogP contribution in [-0.4, -0.2) is 10.5 Å². The van der Waals surface area contributed by atoms with Gasteiger partial charge in [-0.2, -0.15) is 0 Å². The zero-order chi connectivity index (χ0) is 14.4. The number of nitrogens with zero attached hydrogens (tertiary/aromatic N) is 1. The van der Waals surface area contributed by atoms with Crippen LogP contribution < -0.4 is 10.6 Å². The monoisotopic (exact) mass is 271 g/mol. The van der Waals surface area contributed by atoms with Crippen molar-refractivity contribution in [3.05, 3.63) is 48.3 Å². The van der Waals surface area contributed by atoms with Crippen molar-refractivity contribution in [2.75, 3.05) is 10.6 Å². The van der Waals surface area contributed by atoms with E-state index in [0.717, 1.165) is 30.9 Å². The van der Waals surface area contributed by atoms with E-state index >= 15 is 0 Å². The molecule has 1 heterocycles. The Labute approximate surface area is 119 Å². The molecule has 0 atom stereocenters. The van der Waals surface area contributed by atoms with E-state index in [4.69, 9.17) is 0 Å². The molecule has 1 amide bonds. The second-order valence-corrected chi connectivity index (χ2v) is 4.87. The van der Waals surface area contributed by atoms with Crippen molar-refractivity contribution < 1.29 is 4.79 Å². The van der Waals surface area contributed by atoms with Crippen molar-refractivity contribution >= 4 is 17.3 Å². The van der Waals surface area contributed by atoms with Gasteiger partial charge in [-0.05, 0) is 42.3 Å². The molecule has 0 aliphatic rings. The lowest BCUT2D eigenvalue weighted by atomic mass is 10.2. The van der Waals surface area contributed by atoms with Crippen molar-refractivity contribution in [3.8, 4) is 0 Å². The Hall–Kier alpha value is -2.23. The number of anilines is 2. The van der Waals surface area contributed by atoms with Crippen LogP contribution in [0.2, 0.25) is 0 Å². The second kappa shape index (κ2) is 6.80. The number of nitrogens with one attached hydrogen (secondary N) is 2. The van der Waals surface area contributed by atoms with Crippen molar-refractivity contribution in [2.24, 2.45) is 0 Å². The van der Waals surface area contributed by atoms with E-state index in [1.807, 2.05) is 24.3 Å². The van der Waals surface area contributed by atoms with Crippen molar-refractivity contribution in [1.29, 1.82) is 0 Å². The highest BCUT2D eigenvalue weighted by molar-refractivity contribution is 5.88. The Morgan fingerprint density at radius 2 is 1.85 bits per heavy atom. The molecule has 0 aliphatic carbocycles. The Kier molecular flexibility index (Phi) is 4.82. The predicted octanol–water partition coefficient (Wildman–Crippen LogP) is 3.47. The molecule has 0 bridgehead atoms. The topological polar surface area (TPSA) is 46.1 Å². The minimum atomic E-state index is -0.0528. The molecule has 0 aliphatic heterocycles. The summed E-state index contributed by atoms with van der Waals surface area (Å²) in [6, 6.07) is 9.86. The van der Waals surface area contributed by atoms with Gasteiger partial charge in [0.25, 0.3) is 0 Å². The maximum Gasteiger partial charge on any atom is 0.221 e. The van der Waals surface area contributed by atoms with Crippen LogP contribution in [0.1, 0.15) is 25.8 Å². The highest BCUT2D eigenvalue weighted by Crippen LogP contribution is 2.14. The normalized spacial score (nSPS) is 10.3. The average molecular weight is 271 g/mol. The summed E-state index contributed by atoms with van der Waals surface area (Å²) in [6.07, 6.45) is 5.43. The van der Waals surface area contributed by atoms with Gasteiger partial charge in [0.05, 0.1) is 0 Å². The summed E-state index contributed by atoms with van der Waals surface area (Å²) in [7, 11) is 0. The summed E-state index contributed by atoms with van der Waals surface area (Å²) in [4.78, 5) is 10.9. The molecule has 2 N–H and O–H groups in total. The van der Waals surface area contributed by atoms with Gasteiger partial charge in [-0.15, -0.1) is 0 Å². The molecule has 2 rings (SSSR count). The summed E-state index contributed by atoms with van der Waals surface area (Å²) < 4.78 is 2.21. The van der Waals surface area contributed by atoms with E-state index in [-0.39, 0.29) is 5.91 Å². The van der Waals surface area contributed by atoms with Crippen molar-refractivity contribution in [2.45, 2.75) is 33.4 Å². The molecular weight excluding hydrogens is 250 g/mol. The number of aromatic nitrogens is 1. The quantitative estimate of drug-likeness (QED) is 0.845. The van der Waals surface area contributed by atoms with Gasteiger partial charge in [0.15, 0.2) is 0 Å². The van der Waals surface area contributed by atoms with Crippen LogP contribution in [0.25, 0.3) is 0 Å². The number of benzene rings is 1. The summed E-state index contributed by atoms with van der Waals surface area (Å²) in [5, 5.41) is 6.12. The van der Waals surface area contributed by atoms with Crippen LogP contribution in [0.4, 0.5) is 11.4 Å². The molecule has 1 aromatic heterocycles. The number of amides is 1. The van der Waals surface area contributed by atoms with Crippen LogP contribution >= 0.6 is 0 Å². The third kappa shape index (κ3) is 4.16. The Morgan fingerprint density at radius 3 is 2.50 bits per heavy atom. The standard InChI is InChI=1S/C16H21N3O/c1-3-9-19-10-8-14(12-19)11-17-15-4-6-16(7-5-15)18-13(2)20/h4-8,10,12,17H,3,9,11H2,1-2H3,(H,18,20). The van der Waals surface area contributed by atoms with Crippen molar-refractivity contribution in [3.63, 3.8) is 0 Å². The molecule has 0 unspecified atom stereocenters. The third-order valence-electron chi connectivity index (χ3n) is 3.00. The molecule has 4 nitrogen and oxygen atoms in total. The van der Waals surface area contributed by atoms with Gasteiger partial charge in [0.2, 0.25) is 5.91 Å². The van der Waals surface area contributed by atoms with Crippen LogP contribution in [-0.2, 0) is 17.9 Å². The van der Waals surface area contributed by atoms with E-state index in [1.54, 1.807) is 0 Å². The van der Waals surface area contributed by atoms with E-state index in [1.165, 1.54) is 12.5 Å². The fourth-order valence-electron chi connectivity index (χ4n) is 2.07. The lowest BCUT2D eigenvalue weighted by Gasteiger charge is -2.07. The minimum absolute atomic E-state index is 0.0528. The van der Waals surface area contributed by atoms with E-state index < -0.39 is 0 Å². The zero-order valence-electron chi connectivity index (χ0n) is 12.0. The van der Waals surface area contributed by atoms with Gasteiger partial charge in [-0.3, -0.25) is 4.79 Å². The highest BCUT2D eigenvalue weighted by Gasteiger charge is 1.98. The fourth-order valence-corrected chi connectivity index (χ4v) is 2.07. The molecule has 0 spiro atoms. The molecular formula is C16H21N3O. The molecule has 0 radical (unpaired) electrons. The van der Waals surface area contributed by atoms with Crippen LogP contribution in [0.15, 0.2) is 42.7 Å². The SMILES string of the molecule is CCCn1ccc(CNc2ccc(NC(C)=O)cc2)c1. The number of aryl methyl sites for hydroxylation is 1. The molecule has 0 saturated carbocycles. The number of carbonyl (C=O) groups is 1. The molecule has 2 aromatic rings. The predicted molar refractivity (Wildman–Crippen MR) is 82.8 cm³/mol. The summed E-state index contributed by atoms with van der Waals surface area (Å²) in [6.45, 7) is 5.54. The largest absolute Gasteiger partial charge is 0.381 e. The number of hydrogen-bond acceptors (Lipinski definition) is 2. The van der Waals surface area contributed by atoms with Crippen LogP contribution in [0.5, 0.6) is 0 Å². The first-order valence-electron chi connectivity index (χ1n) is 6.93. The zero-order valence-corrected chi connectivity index (χ0v) is 12.0. The van der Waals surface area contributed by atoms with Gasteiger partial charge in [0, 0.05) is 43.8 Å². The first-order valence-corrected chi connectivity index (χ1v) is 6.93. The molecule has 1 aromatic carbocycles.